The van der Waals surface area contributed by atoms with E-state index in [1.54, 1.807) is 13.4 Å². The van der Waals surface area contributed by atoms with Gasteiger partial charge in [-0.25, -0.2) is 0 Å². The molecule has 2 rings (SSSR count). The first-order chi connectivity index (χ1) is 10.7. The van der Waals surface area contributed by atoms with Gasteiger partial charge in [-0.05, 0) is 30.7 Å². The average Bonchev–Trinajstić information content (AvgIpc) is 3.18. The van der Waals surface area contributed by atoms with Crippen LogP contribution < -0.4 is 10.6 Å². The van der Waals surface area contributed by atoms with E-state index < -0.39 is 0 Å². The number of aromatic nitrogens is 3. The molecule has 22 heavy (non-hydrogen) atoms. The van der Waals surface area contributed by atoms with Gasteiger partial charge in [0.25, 0.3) is 0 Å². The predicted octanol–water partition coefficient (Wildman–Crippen LogP) is 1.90. The normalized spacial score (nSPS) is 13.1. The molecule has 0 spiro atoms. The molecule has 0 saturated heterocycles. The molecule has 120 valence electrons. The van der Waals surface area contributed by atoms with Gasteiger partial charge in [0.05, 0.1) is 6.54 Å². The smallest absolute Gasteiger partial charge is 0.191 e. The third-order valence-corrected chi connectivity index (χ3v) is 4.32. The Hall–Kier alpha value is -1.89. The standard InChI is InChI=1S/C15H24N6S/c1-4-21-11-19-20-14(21)10-18-15(16-3)17-9-12(2)8-13-6-5-7-22-13/h5-7,11-12H,4,8-10H2,1-3H3,(H2,16,17,18). The molecule has 7 heteroatoms. The summed E-state index contributed by atoms with van der Waals surface area (Å²) < 4.78 is 2.01. The Bertz CT molecular complexity index is 575. The van der Waals surface area contributed by atoms with Crippen LogP contribution in [0.5, 0.6) is 0 Å². The van der Waals surface area contributed by atoms with Gasteiger partial charge in [0.15, 0.2) is 11.8 Å². The zero-order chi connectivity index (χ0) is 15.8. The van der Waals surface area contributed by atoms with Gasteiger partial charge in [-0.1, -0.05) is 13.0 Å². The first-order valence-electron chi connectivity index (χ1n) is 7.56. The molecule has 0 aromatic carbocycles. The minimum atomic E-state index is 0.552. The molecule has 2 heterocycles. The molecule has 0 aliphatic rings. The first kappa shape index (κ1) is 16.5. The summed E-state index contributed by atoms with van der Waals surface area (Å²) in [6, 6.07) is 4.29. The third-order valence-electron chi connectivity index (χ3n) is 3.42. The Labute approximate surface area is 135 Å². The maximum Gasteiger partial charge on any atom is 0.191 e. The number of nitrogens with zero attached hydrogens (tertiary/aromatic N) is 4. The van der Waals surface area contributed by atoms with Gasteiger partial charge in [-0.2, -0.15) is 0 Å². The first-order valence-corrected chi connectivity index (χ1v) is 8.44. The molecule has 0 radical (unpaired) electrons. The van der Waals surface area contributed by atoms with Crippen molar-refractivity contribution in [3.63, 3.8) is 0 Å². The fraction of sp³-hybridized carbons (Fsp3) is 0.533. The van der Waals surface area contributed by atoms with Crippen LogP contribution in [-0.2, 0) is 19.5 Å². The molecule has 6 nitrogen and oxygen atoms in total. The van der Waals surface area contributed by atoms with Crippen LogP contribution in [0.2, 0.25) is 0 Å². The van der Waals surface area contributed by atoms with Crippen molar-refractivity contribution in [3.8, 4) is 0 Å². The van der Waals surface area contributed by atoms with Crippen LogP contribution in [-0.4, -0.2) is 34.3 Å². The van der Waals surface area contributed by atoms with E-state index in [2.05, 4.69) is 57.2 Å². The molecular weight excluding hydrogens is 296 g/mol. The molecule has 1 atom stereocenters. The number of hydrogen-bond acceptors (Lipinski definition) is 4. The van der Waals surface area contributed by atoms with E-state index in [1.807, 2.05) is 15.9 Å². The Morgan fingerprint density at radius 2 is 2.32 bits per heavy atom. The molecule has 1 unspecified atom stereocenters. The number of hydrogen-bond donors (Lipinski definition) is 2. The quantitative estimate of drug-likeness (QED) is 0.604. The number of nitrogens with one attached hydrogen (secondary N) is 2. The van der Waals surface area contributed by atoms with Crippen LogP contribution in [0.1, 0.15) is 24.5 Å². The highest BCUT2D eigenvalue weighted by atomic mass is 32.1. The molecule has 0 aliphatic carbocycles. The van der Waals surface area contributed by atoms with Crippen LogP contribution in [0.3, 0.4) is 0 Å². The zero-order valence-electron chi connectivity index (χ0n) is 13.4. The van der Waals surface area contributed by atoms with Gasteiger partial charge in [-0.3, -0.25) is 4.99 Å². The highest BCUT2D eigenvalue weighted by molar-refractivity contribution is 7.09. The van der Waals surface area contributed by atoms with Crippen LogP contribution in [0.25, 0.3) is 0 Å². The third kappa shape index (κ3) is 4.84. The van der Waals surface area contributed by atoms with E-state index in [0.29, 0.717) is 12.5 Å². The lowest BCUT2D eigenvalue weighted by Crippen LogP contribution is -2.39. The van der Waals surface area contributed by atoms with Crippen LogP contribution in [0, 0.1) is 5.92 Å². The van der Waals surface area contributed by atoms with E-state index in [1.165, 1.54) is 4.88 Å². The summed E-state index contributed by atoms with van der Waals surface area (Å²) in [4.78, 5) is 5.68. The summed E-state index contributed by atoms with van der Waals surface area (Å²) in [5.41, 5.74) is 0. The summed E-state index contributed by atoms with van der Waals surface area (Å²) >= 11 is 1.81. The van der Waals surface area contributed by atoms with Gasteiger partial charge in [-0.15, -0.1) is 21.5 Å². The van der Waals surface area contributed by atoms with Crippen molar-refractivity contribution >= 4 is 17.3 Å². The van der Waals surface area contributed by atoms with E-state index in [-0.39, 0.29) is 0 Å². The lowest BCUT2D eigenvalue weighted by atomic mass is 10.1. The van der Waals surface area contributed by atoms with Crippen molar-refractivity contribution in [2.24, 2.45) is 10.9 Å². The minimum Gasteiger partial charge on any atom is -0.356 e. The Kier molecular flexibility index (Phi) is 6.39. The summed E-state index contributed by atoms with van der Waals surface area (Å²) in [5.74, 6) is 2.26. The predicted molar refractivity (Wildman–Crippen MR) is 91.1 cm³/mol. The SMILES string of the molecule is CCn1cnnc1CNC(=NC)NCC(C)Cc1cccs1. The van der Waals surface area contributed by atoms with Crippen molar-refractivity contribution < 1.29 is 0 Å². The zero-order valence-corrected chi connectivity index (χ0v) is 14.2. The van der Waals surface area contributed by atoms with Gasteiger partial charge in [0.1, 0.15) is 6.33 Å². The van der Waals surface area contributed by atoms with Crippen molar-refractivity contribution in [2.75, 3.05) is 13.6 Å². The van der Waals surface area contributed by atoms with Crippen LogP contribution in [0.4, 0.5) is 0 Å². The monoisotopic (exact) mass is 320 g/mol. The Morgan fingerprint density at radius 3 is 3.00 bits per heavy atom. The summed E-state index contributed by atoms with van der Waals surface area (Å²) in [6.45, 7) is 6.69. The van der Waals surface area contributed by atoms with Crippen molar-refractivity contribution in [3.05, 3.63) is 34.5 Å². The van der Waals surface area contributed by atoms with Crippen molar-refractivity contribution in [1.82, 2.24) is 25.4 Å². The van der Waals surface area contributed by atoms with E-state index in [0.717, 1.165) is 31.3 Å². The second kappa shape index (κ2) is 8.53. The lowest BCUT2D eigenvalue weighted by Gasteiger charge is -2.15. The molecule has 0 fully saturated rings. The van der Waals surface area contributed by atoms with Crippen molar-refractivity contribution in [1.29, 1.82) is 0 Å². The van der Waals surface area contributed by atoms with Crippen LogP contribution >= 0.6 is 11.3 Å². The molecule has 0 saturated carbocycles. The summed E-state index contributed by atoms with van der Waals surface area (Å²) in [6.07, 6.45) is 2.84. The van der Waals surface area contributed by atoms with Crippen LogP contribution in [0.15, 0.2) is 28.8 Å². The van der Waals surface area contributed by atoms with Gasteiger partial charge in [0, 0.05) is 25.0 Å². The molecule has 0 bridgehead atoms. The number of aryl methyl sites for hydroxylation is 1. The highest BCUT2D eigenvalue weighted by Gasteiger charge is 2.07. The minimum absolute atomic E-state index is 0.552. The molecule has 2 N–H and O–H groups in total. The topological polar surface area (TPSA) is 67.1 Å². The average molecular weight is 320 g/mol. The maximum atomic E-state index is 4.25. The molecule has 2 aromatic heterocycles. The molecule has 0 amide bonds. The lowest BCUT2D eigenvalue weighted by molar-refractivity contribution is 0.560. The Balaban J connectivity index is 1.75. The van der Waals surface area contributed by atoms with E-state index in [9.17, 15) is 0 Å². The second-order valence-electron chi connectivity index (χ2n) is 5.23. The highest BCUT2D eigenvalue weighted by Crippen LogP contribution is 2.13. The van der Waals surface area contributed by atoms with E-state index in [4.69, 9.17) is 0 Å². The Morgan fingerprint density at radius 1 is 1.45 bits per heavy atom. The largest absolute Gasteiger partial charge is 0.356 e. The summed E-state index contributed by atoms with van der Waals surface area (Å²) in [7, 11) is 1.78. The fourth-order valence-corrected chi connectivity index (χ4v) is 3.05. The van der Waals surface area contributed by atoms with Gasteiger partial charge < -0.3 is 15.2 Å². The maximum absolute atomic E-state index is 4.25. The van der Waals surface area contributed by atoms with Gasteiger partial charge in [0.2, 0.25) is 0 Å². The number of guanidine groups is 1. The summed E-state index contributed by atoms with van der Waals surface area (Å²) in [5, 5.41) is 16.8. The molecule has 0 aliphatic heterocycles. The number of rotatable bonds is 7. The number of thiophene rings is 1. The number of aliphatic imine (C=N–C) groups is 1. The molecule has 2 aromatic rings. The van der Waals surface area contributed by atoms with E-state index >= 15 is 0 Å². The second-order valence-corrected chi connectivity index (χ2v) is 6.26. The fourth-order valence-electron chi connectivity index (χ4n) is 2.18. The van der Waals surface area contributed by atoms with Gasteiger partial charge >= 0.3 is 0 Å². The molecular formula is C15H24N6S. The van der Waals surface area contributed by atoms with Crippen molar-refractivity contribution in [2.45, 2.75) is 33.4 Å².